The molecule has 0 amide bonds. The van der Waals surface area contributed by atoms with E-state index in [9.17, 15) is 14.7 Å². The zero-order valence-corrected chi connectivity index (χ0v) is 9.42. The van der Waals surface area contributed by atoms with Crippen molar-refractivity contribution in [3.8, 4) is 5.75 Å². The topological polar surface area (TPSA) is 83.8 Å². The van der Waals surface area contributed by atoms with Crippen molar-refractivity contribution in [2.24, 2.45) is 0 Å². The highest BCUT2D eigenvalue weighted by molar-refractivity contribution is 5.74. The fraction of sp³-hybridized carbons (Fsp3) is 0.333. The normalized spacial score (nSPS) is 11.9. The zero-order valence-electron chi connectivity index (χ0n) is 9.42. The number of carbonyl (C=O) groups excluding carboxylic acids is 1. The first-order valence-corrected chi connectivity index (χ1v) is 5.11. The first-order valence-electron chi connectivity index (χ1n) is 5.11. The summed E-state index contributed by atoms with van der Waals surface area (Å²) < 4.78 is 5.09. The fourth-order valence-corrected chi connectivity index (χ4v) is 1.52. The minimum atomic E-state index is -1.56. The molecular formula is C12H14O5. The molecule has 0 radical (unpaired) electrons. The Hall–Kier alpha value is -1.88. The van der Waals surface area contributed by atoms with E-state index in [2.05, 4.69) is 0 Å². The lowest BCUT2D eigenvalue weighted by Crippen LogP contribution is -2.11. The first-order chi connectivity index (χ1) is 8.10. The Morgan fingerprint density at radius 3 is 2.76 bits per heavy atom. The number of carboxylic acids is 1. The number of aliphatic carboxylic acids is 1. The largest absolute Gasteiger partial charge is 0.496 e. The lowest BCUT2D eigenvalue weighted by molar-refractivity contribution is -0.146. The number of methoxy groups -OCH3 is 1. The molecule has 0 aromatic heterocycles. The number of carbonyl (C=O) groups is 2. The molecule has 1 aromatic carbocycles. The van der Waals surface area contributed by atoms with Crippen LogP contribution in [0.15, 0.2) is 18.2 Å². The van der Waals surface area contributed by atoms with E-state index in [4.69, 9.17) is 9.84 Å². The van der Waals surface area contributed by atoms with Gasteiger partial charge in [-0.05, 0) is 29.7 Å². The summed E-state index contributed by atoms with van der Waals surface area (Å²) in [5, 5.41) is 18.1. The Labute approximate surface area is 98.6 Å². The van der Waals surface area contributed by atoms with Crippen molar-refractivity contribution in [2.45, 2.75) is 18.9 Å². The maximum atomic E-state index is 10.6. The summed E-state index contributed by atoms with van der Waals surface area (Å²) in [5.74, 6) is -0.732. The van der Waals surface area contributed by atoms with Gasteiger partial charge in [-0.1, -0.05) is 6.07 Å². The maximum Gasteiger partial charge on any atom is 0.337 e. The van der Waals surface area contributed by atoms with Crippen LogP contribution in [-0.2, 0) is 16.0 Å². The number of carboxylic acid groups (broad SMARTS) is 1. The van der Waals surface area contributed by atoms with E-state index in [-0.39, 0.29) is 5.56 Å². The summed E-state index contributed by atoms with van der Waals surface area (Å²) in [7, 11) is 1.49. The lowest BCUT2D eigenvalue weighted by atomic mass is 10.0. The van der Waals surface area contributed by atoms with Crippen molar-refractivity contribution in [2.75, 3.05) is 7.11 Å². The number of ether oxygens (including phenoxy) is 1. The molecule has 1 rings (SSSR count). The predicted octanol–water partition coefficient (Wildman–Crippen LogP) is 0.945. The summed E-state index contributed by atoms with van der Waals surface area (Å²) in [6.45, 7) is 0. The van der Waals surface area contributed by atoms with Crippen LogP contribution in [0.4, 0.5) is 0 Å². The third-order valence-electron chi connectivity index (χ3n) is 2.39. The van der Waals surface area contributed by atoms with Crippen molar-refractivity contribution in [1.29, 1.82) is 0 Å². The van der Waals surface area contributed by atoms with Crippen LogP contribution in [0.1, 0.15) is 23.7 Å². The van der Waals surface area contributed by atoms with Gasteiger partial charge >= 0.3 is 5.97 Å². The van der Waals surface area contributed by atoms with Crippen molar-refractivity contribution in [1.82, 2.24) is 0 Å². The summed E-state index contributed by atoms with van der Waals surface area (Å²) >= 11 is 0. The highest BCUT2D eigenvalue weighted by atomic mass is 16.5. The van der Waals surface area contributed by atoms with Crippen LogP contribution in [0.2, 0.25) is 0 Å². The number of hydrogen-bond acceptors (Lipinski definition) is 4. The molecular weight excluding hydrogens is 224 g/mol. The van der Waals surface area contributed by atoms with Gasteiger partial charge < -0.3 is 19.7 Å². The molecule has 0 fully saturated rings. The van der Waals surface area contributed by atoms with Crippen LogP contribution >= 0.6 is 0 Å². The highest BCUT2D eigenvalue weighted by Gasteiger charge is 2.17. The second kappa shape index (κ2) is 6.00. The van der Waals surface area contributed by atoms with E-state index in [1.807, 2.05) is 0 Å². The summed E-state index contributed by atoms with van der Waals surface area (Å²) in [6, 6.07) is 4.62. The summed E-state index contributed by atoms with van der Waals surface area (Å²) in [6.07, 6.45) is -0.00820. The number of aliphatic hydroxyl groups excluding tert-OH is 1. The molecule has 0 aliphatic carbocycles. The Kier molecular flexibility index (Phi) is 4.66. The van der Waals surface area contributed by atoms with E-state index in [0.29, 0.717) is 24.2 Å². The molecule has 92 valence electrons. The van der Waals surface area contributed by atoms with Crippen LogP contribution in [-0.4, -0.2) is 29.6 Å². The minimum Gasteiger partial charge on any atom is -0.496 e. The van der Waals surface area contributed by atoms with Gasteiger partial charge in [-0.2, -0.15) is 0 Å². The molecule has 1 aromatic rings. The highest BCUT2D eigenvalue weighted by Crippen LogP contribution is 2.24. The number of rotatable bonds is 6. The van der Waals surface area contributed by atoms with Crippen LogP contribution in [0, 0.1) is 0 Å². The van der Waals surface area contributed by atoms with Crippen molar-refractivity contribution in [3.63, 3.8) is 0 Å². The summed E-state index contributed by atoms with van der Waals surface area (Å²) in [4.78, 5) is 21.0. The monoisotopic (exact) mass is 238 g/mol. The van der Waals surface area contributed by atoms with Gasteiger partial charge in [0.25, 0.3) is 0 Å². The van der Waals surface area contributed by atoms with Gasteiger partial charge in [0.05, 0.1) is 7.11 Å². The Balaban J connectivity index is 3.03. The maximum absolute atomic E-state index is 10.6. The van der Waals surface area contributed by atoms with Gasteiger partial charge in [0.1, 0.15) is 12.0 Å². The molecule has 1 atom stereocenters. The quantitative estimate of drug-likeness (QED) is 0.721. The van der Waals surface area contributed by atoms with E-state index in [1.165, 1.54) is 13.2 Å². The van der Waals surface area contributed by atoms with Crippen LogP contribution in [0.25, 0.3) is 0 Å². The SMILES string of the molecule is COc1ccc(C(O)C(=O)O)cc1CCC=O. The molecule has 0 bridgehead atoms. The number of aliphatic hydroxyl groups is 1. The standard InChI is InChI=1S/C12H14O5/c1-17-10-5-4-9(11(14)12(15)16)7-8(10)3-2-6-13/h4-7,11,14H,2-3H2,1H3,(H,15,16). The minimum absolute atomic E-state index is 0.277. The number of hydrogen-bond donors (Lipinski definition) is 2. The van der Waals surface area contributed by atoms with E-state index in [0.717, 1.165) is 6.29 Å². The Morgan fingerprint density at radius 2 is 2.24 bits per heavy atom. The van der Waals surface area contributed by atoms with Crippen LogP contribution in [0.3, 0.4) is 0 Å². The molecule has 5 heteroatoms. The van der Waals surface area contributed by atoms with Crippen molar-refractivity contribution in [3.05, 3.63) is 29.3 Å². The third-order valence-corrected chi connectivity index (χ3v) is 2.39. The fourth-order valence-electron chi connectivity index (χ4n) is 1.52. The molecule has 0 saturated heterocycles. The van der Waals surface area contributed by atoms with E-state index >= 15 is 0 Å². The first kappa shape index (κ1) is 13.2. The van der Waals surface area contributed by atoms with Crippen molar-refractivity contribution < 1.29 is 24.5 Å². The van der Waals surface area contributed by atoms with Gasteiger partial charge in [0, 0.05) is 6.42 Å². The second-order valence-corrected chi connectivity index (χ2v) is 3.52. The van der Waals surface area contributed by atoms with Crippen LogP contribution < -0.4 is 4.74 Å². The molecule has 17 heavy (non-hydrogen) atoms. The second-order valence-electron chi connectivity index (χ2n) is 3.52. The lowest BCUT2D eigenvalue weighted by Gasteiger charge is -2.11. The smallest absolute Gasteiger partial charge is 0.337 e. The summed E-state index contributed by atoms with van der Waals surface area (Å²) in [5.41, 5.74) is 0.983. The van der Waals surface area contributed by atoms with Crippen LogP contribution in [0.5, 0.6) is 5.75 Å². The van der Waals surface area contributed by atoms with E-state index < -0.39 is 12.1 Å². The molecule has 5 nitrogen and oxygen atoms in total. The van der Waals surface area contributed by atoms with Gasteiger partial charge in [0.15, 0.2) is 6.10 Å². The Bertz CT molecular complexity index is 413. The Morgan fingerprint density at radius 1 is 1.53 bits per heavy atom. The average Bonchev–Trinajstić information content (AvgIpc) is 2.34. The van der Waals surface area contributed by atoms with Gasteiger partial charge in [-0.25, -0.2) is 4.79 Å². The van der Waals surface area contributed by atoms with E-state index in [1.54, 1.807) is 12.1 Å². The molecule has 1 unspecified atom stereocenters. The molecule has 2 N–H and O–H groups in total. The van der Waals surface area contributed by atoms with Gasteiger partial charge in [-0.15, -0.1) is 0 Å². The molecule has 0 aliphatic heterocycles. The zero-order chi connectivity index (χ0) is 12.8. The molecule has 0 aliphatic rings. The molecule has 0 spiro atoms. The third kappa shape index (κ3) is 3.29. The average molecular weight is 238 g/mol. The van der Waals surface area contributed by atoms with Crippen molar-refractivity contribution >= 4 is 12.3 Å². The number of aldehydes is 1. The predicted molar refractivity (Wildman–Crippen MR) is 60.0 cm³/mol. The number of aryl methyl sites for hydroxylation is 1. The number of benzene rings is 1. The molecule has 0 heterocycles. The van der Waals surface area contributed by atoms with Gasteiger partial charge in [-0.3, -0.25) is 0 Å². The molecule has 0 saturated carbocycles. The van der Waals surface area contributed by atoms with Gasteiger partial charge in [0.2, 0.25) is 0 Å².